The number of anilines is 1. The molecule has 1 atom stereocenters. The fourth-order valence-electron chi connectivity index (χ4n) is 3.46. The summed E-state index contributed by atoms with van der Waals surface area (Å²) in [5.74, 6) is -0.893. The van der Waals surface area contributed by atoms with Gasteiger partial charge in [-0.25, -0.2) is 9.48 Å². The number of benzene rings is 2. The summed E-state index contributed by atoms with van der Waals surface area (Å²) in [6.45, 7) is 4.01. The van der Waals surface area contributed by atoms with Crippen molar-refractivity contribution in [2.75, 3.05) is 11.9 Å². The number of ether oxygens (including phenoxy) is 1. The maximum Gasteiger partial charge on any atom is 0.419 e. The van der Waals surface area contributed by atoms with E-state index in [9.17, 15) is 22.8 Å². The lowest BCUT2D eigenvalue weighted by atomic mass is 10.00. The summed E-state index contributed by atoms with van der Waals surface area (Å²) < 4.78 is 44.4. The number of nitrogens with zero attached hydrogens (tertiary/aromatic N) is 2. The molecular formula is C26H27F3N4O3. The second-order valence-electron chi connectivity index (χ2n) is 7.88. The van der Waals surface area contributed by atoms with Crippen LogP contribution in [-0.4, -0.2) is 28.3 Å². The number of rotatable bonds is 10. The van der Waals surface area contributed by atoms with Crippen molar-refractivity contribution in [3.63, 3.8) is 0 Å². The van der Waals surface area contributed by atoms with Crippen LogP contribution in [0.25, 0.3) is 5.69 Å². The average Bonchev–Trinajstić information content (AvgIpc) is 3.36. The molecule has 0 spiro atoms. The molecule has 0 aliphatic heterocycles. The molecule has 2 N–H and O–H groups in total. The molecule has 3 rings (SSSR count). The van der Waals surface area contributed by atoms with Gasteiger partial charge in [0.15, 0.2) is 0 Å². The molecule has 0 saturated carbocycles. The van der Waals surface area contributed by atoms with E-state index in [1.54, 1.807) is 43.3 Å². The summed E-state index contributed by atoms with van der Waals surface area (Å²) in [5, 5.41) is 9.76. The first-order valence-corrected chi connectivity index (χ1v) is 11.4. The summed E-state index contributed by atoms with van der Waals surface area (Å²) in [5.41, 5.74) is 1.91. The van der Waals surface area contributed by atoms with Crippen molar-refractivity contribution < 1.29 is 27.5 Å². The van der Waals surface area contributed by atoms with Gasteiger partial charge >= 0.3 is 12.1 Å². The molecule has 1 amide bonds. The van der Waals surface area contributed by atoms with Crippen molar-refractivity contribution in [1.82, 2.24) is 15.1 Å². The summed E-state index contributed by atoms with van der Waals surface area (Å²) in [4.78, 5) is 23.6. The predicted octanol–water partition coefficient (Wildman–Crippen LogP) is 5.65. The highest BCUT2D eigenvalue weighted by Gasteiger charge is 2.32. The van der Waals surface area contributed by atoms with Crippen molar-refractivity contribution in [1.29, 1.82) is 0 Å². The normalized spacial score (nSPS) is 12.4. The topological polar surface area (TPSA) is 85.3 Å². The molecule has 0 aliphatic rings. The van der Waals surface area contributed by atoms with Gasteiger partial charge in [-0.3, -0.25) is 4.79 Å². The third kappa shape index (κ3) is 7.21. The van der Waals surface area contributed by atoms with E-state index in [1.807, 2.05) is 12.1 Å². The Kier molecular flexibility index (Phi) is 8.88. The summed E-state index contributed by atoms with van der Waals surface area (Å²) in [6, 6.07) is 14.0. The van der Waals surface area contributed by atoms with Gasteiger partial charge in [0, 0.05) is 29.7 Å². The fraction of sp³-hybridized carbons (Fsp3) is 0.269. The van der Waals surface area contributed by atoms with Crippen LogP contribution in [0.3, 0.4) is 0 Å². The fourth-order valence-corrected chi connectivity index (χ4v) is 3.46. The maximum atomic E-state index is 12.8. The second-order valence-corrected chi connectivity index (χ2v) is 7.88. The minimum absolute atomic E-state index is 0.0387. The Bertz CT molecular complexity index is 1190. The highest BCUT2D eigenvalue weighted by Crippen LogP contribution is 2.29. The van der Waals surface area contributed by atoms with E-state index in [0.717, 1.165) is 42.6 Å². The second kappa shape index (κ2) is 12.1. The molecule has 36 heavy (non-hydrogen) atoms. The van der Waals surface area contributed by atoms with Crippen LogP contribution in [0.2, 0.25) is 0 Å². The Hall–Kier alpha value is -4.08. The summed E-state index contributed by atoms with van der Waals surface area (Å²) in [6.07, 6.45) is 1.42. The van der Waals surface area contributed by atoms with E-state index in [1.165, 1.54) is 10.9 Å². The zero-order valence-electron chi connectivity index (χ0n) is 19.9. The summed E-state index contributed by atoms with van der Waals surface area (Å²) >= 11 is 0. The zero-order valence-corrected chi connectivity index (χ0v) is 19.9. The van der Waals surface area contributed by atoms with Gasteiger partial charge < -0.3 is 15.4 Å². The standard InChI is InChI=1S/C26H27F3N4O3/c1-3-5-23(18-6-8-19(9-7-18)25(35)30-15-14-24(34)36-4-2)32-21-10-12-22(13-11-21)33-17-20(16-31-33)26(27,28)29/h6-17,23,32H,3-5H2,1-2H3,(H,30,35). The van der Waals surface area contributed by atoms with Crippen LogP contribution in [0.4, 0.5) is 18.9 Å². The van der Waals surface area contributed by atoms with E-state index in [-0.39, 0.29) is 18.6 Å². The number of carbonyl (C=O) groups is 2. The van der Waals surface area contributed by atoms with E-state index < -0.39 is 17.7 Å². The largest absolute Gasteiger partial charge is 0.463 e. The third-order valence-electron chi connectivity index (χ3n) is 5.26. The van der Waals surface area contributed by atoms with Crippen molar-refractivity contribution in [2.45, 2.75) is 38.9 Å². The number of nitrogens with one attached hydrogen (secondary N) is 2. The van der Waals surface area contributed by atoms with Crippen molar-refractivity contribution in [2.24, 2.45) is 0 Å². The SMILES string of the molecule is CCCC(Nc1ccc(-n2cc(C(F)(F)F)cn2)cc1)c1ccc(C(=O)NC=CC(=O)OCC)cc1. The van der Waals surface area contributed by atoms with Gasteiger partial charge in [0.05, 0.1) is 30.1 Å². The van der Waals surface area contributed by atoms with E-state index in [0.29, 0.717) is 11.3 Å². The molecule has 1 heterocycles. The molecular weight excluding hydrogens is 473 g/mol. The number of halogens is 3. The van der Waals surface area contributed by atoms with Gasteiger partial charge in [-0.2, -0.15) is 18.3 Å². The van der Waals surface area contributed by atoms with Crippen LogP contribution in [-0.2, 0) is 15.7 Å². The van der Waals surface area contributed by atoms with Crippen molar-refractivity contribution in [3.05, 3.63) is 89.9 Å². The number of aromatic nitrogens is 2. The molecule has 0 fully saturated rings. The molecule has 0 radical (unpaired) electrons. The smallest absolute Gasteiger partial charge is 0.419 e. The van der Waals surface area contributed by atoms with Gasteiger partial charge in [-0.05, 0) is 55.3 Å². The number of esters is 1. The van der Waals surface area contributed by atoms with Crippen LogP contribution in [0.15, 0.2) is 73.2 Å². The lowest BCUT2D eigenvalue weighted by Gasteiger charge is -2.20. The molecule has 0 bridgehead atoms. The Labute approximate surface area is 207 Å². The molecule has 2 aromatic carbocycles. The summed E-state index contributed by atoms with van der Waals surface area (Å²) in [7, 11) is 0. The van der Waals surface area contributed by atoms with Crippen LogP contribution in [0.5, 0.6) is 0 Å². The third-order valence-corrected chi connectivity index (χ3v) is 5.26. The van der Waals surface area contributed by atoms with Crippen LogP contribution in [0.1, 0.15) is 54.2 Å². The van der Waals surface area contributed by atoms with Crippen LogP contribution < -0.4 is 10.6 Å². The number of carbonyl (C=O) groups excluding carboxylic acids is 2. The van der Waals surface area contributed by atoms with Gasteiger partial charge in [0.25, 0.3) is 5.91 Å². The van der Waals surface area contributed by atoms with Crippen molar-refractivity contribution in [3.8, 4) is 5.69 Å². The van der Waals surface area contributed by atoms with Gasteiger partial charge in [-0.15, -0.1) is 0 Å². The lowest BCUT2D eigenvalue weighted by Crippen LogP contribution is -2.18. The molecule has 7 nitrogen and oxygen atoms in total. The average molecular weight is 501 g/mol. The monoisotopic (exact) mass is 500 g/mol. The Balaban J connectivity index is 1.65. The highest BCUT2D eigenvalue weighted by molar-refractivity contribution is 5.95. The Morgan fingerprint density at radius 1 is 1.08 bits per heavy atom. The predicted molar refractivity (Wildman–Crippen MR) is 130 cm³/mol. The van der Waals surface area contributed by atoms with Gasteiger partial charge in [0.2, 0.25) is 0 Å². The first-order chi connectivity index (χ1) is 17.2. The molecule has 1 unspecified atom stereocenters. The quantitative estimate of drug-likeness (QED) is 0.278. The minimum Gasteiger partial charge on any atom is -0.463 e. The Morgan fingerprint density at radius 3 is 2.36 bits per heavy atom. The number of hydrogen-bond donors (Lipinski definition) is 2. The first kappa shape index (κ1) is 26.5. The number of amides is 1. The first-order valence-electron chi connectivity index (χ1n) is 11.4. The molecule has 10 heteroatoms. The molecule has 1 aromatic heterocycles. The van der Waals surface area contributed by atoms with Crippen LogP contribution >= 0.6 is 0 Å². The number of hydrogen-bond acceptors (Lipinski definition) is 5. The Morgan fingerprint density at radius 2 is 1.78 bits per heavy atom. The highest BCUT2D eigenvalue weighted by atomic mass is 19.4. The van der Waals surface area contributed by atoms with Crippen molar-refractivity contribution >= 4 is 17.6 Å². The minimum atomic E-state index is -4.44. The zero-order chi connectivity index (χ0) is 26.1. The van der Waals surface area contributed by atoms with Gasteiger partial charge in [-0.1, -0.05) is 25.5 Å². The molecule has 3 aromatic rings. The molecule has 0 aliphatic carbocycles. The molecule has 0 saturated heterocycles. The van der Waals surface area contributed by atoms with E-state index >= 15 is 0 Å². The maximum absolute atomic E-state index is 12.8. The molecule has 190 valence electrons. The van der Waals surface area contributed by atoms with Crippen LogP contribution in [0, 0.1) is 0 Å². The van der Waals surface area contributed by atoms with Gasteiger partial charge in [0.1, 0.15) is 0 Å². The van der Waals surface area contributed by atoms with E-state index in [2.05, 4.69) is 22.7 Å². The van der Waals surface area contributed by atoms with E-state index in [4.69, 9.17) is 4.74 Å². The lowest BCUT2D eigenvalue weighted by molar-refractivity contribution is -0.138. The number of alkyl halides is 3.